The smallest absolute Gasteiger partial charge is 0.260 e. The minimum Gasteiger partial charge on any atom is -0.321 e. The van der Waals surface area contributed by atoms with Gasteiger partial charge in [0.05, 0.1) is 5.69 Å². The Balaban J connectivity index is 2.20. The number of rotatable bonds is 5. The Morgan fingerprint density at radius 1 is 1.39 bits per heavy atom. The number of hydrogen-bond donors (Lipinski definition) is 3. The van der Waals surface area contributed by atoms with Crippen molar-refractivity contribution in [3.8, 4) is 0 Å². The Hall–Kier alpha value is -1.48. The molecule has 0 saturated heterocycles. The Morgan fingerprint density at radius 2 is 2.22 bits per heavy atom. The molecule has 0 spiro atoms. The summed E-state index contributed by atoms with van der Waals surface area (Å²) in [6, 6.07) is 5.01. The third-order valence-electron chi connectivity index (χ3n) is 2.23. The summed E-state index contributed by atoms with van der Waals surface area (Å²) in [6.07, 6.45) is 1.40. The number of hydrazine groups is 1. The van der Waals surface area contributed by atoms with Crippen molar-refractivity contribution in [2.45, 2.75) is 11.6 Å². The largest absolute Gasteiger partial charge is 0.321 e. The second-order valence-electron chi connectivity index (χ2n) is 3.46. The van der Waals surface area contributed by atoms with Gasteiger partial charge < -0.3 is 5.43 Å². The lowest BCUT2D eigenvalue weighted by molar-refractivity contribution is 0.578. The summed E-state index contributed by atoms with van der Waals surface area (Å²) < 4.78 is 26.6. The molecule has 18 heavy (non-hydrogen) atoms. The normalized spacial score (nSPS) is 11.4. The topological polar surface area (TPSA) is 97.1 Å². The Kier molecular flexibility index (Phi) is 3.92. The van der Waals surface area contributed by atoms with Gasteiger partial charge >= 0.3 is 0 Å². The van der Waals surface area contributed by atoms with Crippen molar-refractivity contribution in [3.63, 3.8) is 0 Å². The summed E-state index contributed by atoms with van der Waals surface area (Å²) in [7, 11) is -3.68. The van der Waals surface area contributed by atoms with Crippen molar-refractivity contribution in [1.29, 1.82) is 0 Å². The summed E-state index contributed by atoms with van der Waals surface area (Å²) in [6.45, 7) is 0.229. The number of anilines is 1. The molecule has 96 valence electrons. The number of nitrogen functional groups attached to an aromatic ring is 1. The zero-order valence-corrected chi connectivity index (χ0v) is 11.0. The molecule has 8 heteroatoms. The zero-order valence-electron chi connectivity index (χ0n) is 9.33. The minimum absolute atomic E-state index is 0.109. The first-order valence-electron chi connectivity index (χ1n) is 5.06. The van der Waals surface area contributed by atoms with Gasteiger partial charge in [0.25, 0.3) is 10.0 Å². The number of pyridine rings is 1. The molecule has 2 aromatic heterocycles. The van der Waals surface area contributed by atoms with E-state index in [4.69, 9.17) is 5.84 Å². The van der Waals surface area contributed by atoms with Gasteiger partial charge in [0.2, 0.25) is 0 Å². The highest BCUT2D eigenvalue weighted by atomic mass is 32.2. The van der Waals surface area contributed by atoms with E-state index < -0.39 is 10.0 Å². The molecule has 0 atom stereocenters. The van der Waals surface area contributed by atoms with Crippen molar-refractivity contribution in [3.05, 3.63) is 40.7 Å². The maximum Gasteiger partial charge on any atom is 0.260 e. The maximum absolute atomic E-state index is 12.0. The van der Waals surface area contributed by atoms with Gasteiger partial charge in [-0.2, -0.15) is 11.3 Å². The molecule has 6 nitrogen and oxygen atoms in total. The highest BCUT2D eigenvalue weighted by Gasteiger charge is 2.19. The molecular formula is C10H12N4O2S2. The van der Waals surface area contributed by atoms with Crippen LogP contribution in [0.25, 0.3) is 0 Å². The standard InChI is InChI=1S/C10H12N4O2S2/c11-14-9-2-1-4-12-10(9)18(15,16)13-6-8-3-5-17-7-8/h1-5,7,13-14H,6,11H2. The van der Waals surface area contributed by atoms with Gasteiger partial charge in [-0.25, -0.2) is 18.1 Å². The lowest BCUT2D eigenvalue weighted by atomic mass is 10.4. The van der Waals surface area contributed by atoms with Crippen LogP contribution < -0.4 is 16.0 Å². The van der Waals surface area contributed by atoms with Gasteiger partial charge in [0, 0.05) is 12.7 Å². The lowest BCUT2D eigenvalue weighted by Crippen LogP contribution is -2.25. The lowest BCUT2D eigenvalue weighted by Gasteiger charge is -2.09. The average Bonchev–Trinajstić information content (AvgIpc) is 2.89. The number of aromatic nitrogens is 1. The van der Waals surface area contributed by atoms with Crippen LogP contribution in [0, 0.1) is 0 Å². The van der Waals surface area contributed by atoms with Crippen molar-refractivity contribution >= 4 is 27.0 Å². The van der Waals surface area contributed by atoms with Gasteiger partial charge in [-0.1, -0.05) is 0 Å². The second-order valence-corrected chi connectivity index (χ2v) is 5.92. The van der Waals surface area contributed by atoms with E-state index in [1.54, 1.807) is 12.1 Å². The number of sulfonamides is 1. The van der Waals surface area contributed by atoms with Crippen molar-refractivity contribution in [2.24, 2.45) is 5.84 Å². The van der Waals surface area contributed by atoms with Crippen molar-refractivity contribution < 1.29 is 8.42 Å². The third-order valence-corrected chi connectivity index (χ3v) is 4.32. The van der Waals surface area contributed by atoms with Gasteiger partial charge in [0.15, 0.2) is 5.03 Å². The molecular weight excluding hydrogens is 272 g/mol. The van der Waals surface area contributed by atoms with Gasteiger partial charge in [-0.15, -0.1) is 0 Å². The van der Waals surface area contributed by atoms with Crippen LogP contribution in [0.15, 0.2) is 40.2 Å². The average molecular weight is 284 g/mol. The van der Waals surface area contributed by atoms with Crippen LogP contribution in [-0.2, 0) is 16.6 Å². The molecule has 2 rings (SSSR count). The molecule has 0 amide bonds. The van der Waals surface area contributed by atoms with Crippen molar-refractivity contribution in [2.75, 3.05) is 5.43 Å². The number of nitrogens with one attached hydrogen (secondary N) is 2. The number of hydrogen-bond acceptors (Lipinski definition) is 6. The highest BCUT2D eigenvalue weighted by molar-refractivity contribution is 7.89. The molecule has 0 aliphatic rings. The molecule has 0 aromatic carbocycles. The van der Waals surface area contributed by atoms with E-state index >= 15 is 0 Å². The minimum atomic E-state index is -3.68. The first-order valence-corrected chi connectivity index (χ1v) is 7.48. The van der Waals surface area contributed by atoms with E-state index in [0.717, 1.165) is 5.56 Å². The van der Waals surface area contributed by atoms with E-state index in [-0.39, 0.29) is 17.3 Å². The molecule has 0 aliphatic heterocycles. The van der Waals surface area contributed by atoms with Crippen LogP contribution >= 0.6 is 11.3 Å². The van der Waals surface area contributed by atoms with E-state index in [1.165, 1.54) is 17.5 Å². The predicted molar refractivity (Wildman–Crippen MR) is 70.4 cm³/mol. The molecule has 0 radical (unpaired) electrons. The highest BCUT2D eigenvalue weighted by Crippen LogP contribution is 2.17. The zero-order chi connectivity index (χ0) is 13.0. The fraction of sp³-hybridized carbons (Fsp3) is 0.100. The number of nitrogens with two attached hydrogens (primary N) is 1. The third kappa shape index (κ3) is 2.85. The molecule has 0 saturated carbocycles. The molecule has 0 aliphatic carbocycles. The molecule has 4 N–H and O–H groups in total. The first-order chi connectivity index (χ1) is 8.63. The molecule has 2 aromatic rings. The van der Waals surface area contributed by atoms with Crippen LogP contribution in [0.1, 0.15) is 5.56 Å². The Labute approximate surface area is 109 Å². The fourth-order valence-electron chi connectivity index (χ4n) is 1.35. The molecule has 0 unspecified atom stereocenters. The first kappa shape index (κ1) is 13.0. The number of thiophene rings is 1. The molecule has 2 heterocycles. The summed E-state index contributed by atoms with van der Waals surface area (Å²) in [5.74, 6) is 5.26. The van der Waals surface area contributed by atoms with Crippen LogP contribution in [0.5, 0.6) is 0 Å². The van der Waals surface area contributed by atoms with Gasteiger partial charge in [0.1, 0.15) is 0 Å². The summed E-state index contributed by atoms with van der Waals surface area (Å²) in [5.41, 5.74) is 3.48. The van der Waals surface area contributed by atoms with E-state index in [1.807, 2.05) is 16.8 Å². The van der Waals surface area contributed by atoms with Crippen molar-refractivity contribution in [1.82, 2.24) is 9.71 Å². The predicted octanol–water partition coefficient (Wildman–Crippen LogP) is 0.907. The Morgan fingerprint density at radius 3 is 2.89 bits per heavy atom. The maximum atomic E-state index is 12.0. The summed E-state index contributed by atoms with van der Waals surface area (Å²) in [5, 5.41) is 3.66. The fourth-order valence-corrected chi connectivity index (χ4v) is 3.13. The van der Waals surface area contributed by atoms with Crippen LogP contribution in [-0.4, -0.2) is 13.4 Å². The second kappa shape index (κ2) is 5.44. The van der Waals surface area contributed by atoms with Crippen LogP contribution in [0.2, 0.25) is 0 Å². The summed E-state index contributed by atoms with van der Waals surface area (Å²) in [4.78, 5) is 3.83. The number of nitrogens with zero attached hydrogens (tertiary/aromatic N) is 1. The van der Waals surface area contributed by atoms with E-state index in [2.05, 4.69) is 15.1 Å². The molecule has 0 bridgehead atoms. The molecule has 0 fully saturated rings. The SMILES string of the molecule is NNc1cccnc1S(=O)(=O)NCc1ccsc1. The van der Waals surface area contributed by atoms with Gasteiger partial charge in [-0.3, -0.25) is 5.84 Å². The monoisotopic (exact) mass is 284 g/mol. The Bertz CT molecular complexity index is 611. The summed E-state index contributed by atoms with van der Waals surface area (Å²) >= 11 is 1.51. The van der Waals surface area contributed by atoms with E-state index in [9.17, 15) is 8.42 Å². The van der Waals surface area contributed by atoms with Gasteiger partial charge in [-0.05, 0) is 34.5 Å². The quantitative estimate of drug-likeness (QED) is 0.560. The van der Waals surface area contributed by atoms with Crippen LogP contribution in [0.4, 0.5) is 5.69 Å². The van der Waals surface area contributed by atoms with Crippen LogP contribution in [0.3, 0.4) is 0 Å². The van der Waals surface area contributed by atoms with E-state index in [0.29, 0.717) is 0 Å².